The van der Waals surface area contributed by atoms with Crippen molar-refractivity contribution in [3.8, 4) is 0 Å². The minimum Gasteiger partial charge on any atom is -0.383 e. The summed E-state index contributed by atoms with van der Waals surface area (Å²) in [6.07, 6.45) is 4.68. The molecule has 37 heavy (non-hydrogen) atoms. The third kappa shape index (κ3) is 6.08. The number of benzene rings is 1. The van der Waals surface area contributed by atoms with Gasteiger partial charge in [0.2, 0.25) is 0 Å². The van der Waals surface area contributed by atoms with Gasteiger partial charge in [-0.3, -0.25) is 14.3 Å². The number of carbonyl (C=O) groups excluding carboxylic acids is 2. The maximum atomic E-state index is 13.2. The van der Waals surface area contributed by atoms with E-state index in [0.717, 1.165) is 11.1 Å². The number of fused-ring (bicyclic) bond motifs is 1. The van der Waals surface area contributed by atoms with Gasteiger partial charge in [-0.05, 0) is 36.6 Å². The molecular weight excluding hydrogens is 472 g/mol. The first-order valence-corrected chi connectivity index (χ1v) is 12.5. The molecule has 196 valence electrons. The Hall–Kier alpha value is -3.92. The number of nitrogens with one attached hydrogen (secondary N) is 2. The van der Waals surface area contributed by atoms with E-state index in [4.69, 9.17) is 4.74 Å². The summed E-state index contributed by atoms with van der Waals surface area (Å²) in [5, 5.41) is 2.87. The number of amides is 3. The zero-order valence-electron chi connectivity index (χ0n) is 21.5. The van der Waals surface area contributed by atoms with Gasteiger partial charge in [0.05, 0.1) is 12.1 Å². The van der Waals surface area contributed by atoms with Gasteiger partial charge in [0.1, 0.15) is 5.70 Å². The Morgan fingerprint density at radius 2 is 1.95 bits per heavy atom. The van der Waals surface area contributed by atoms with Gasteiger partial charge in [-0.15, -0.1) is 0 Å². The lowest BCUT2D eigenvalue weighted by molar-refractivity contribution is -0.126. The van der Waals surface area contributed by atoms with Gasteiger partial charge >= 0.3 is 11.7 Å². The summed E-state index contributed by atoms with van der Waals surface area (Å²) in [5.74, 6) is -0.356. The van der Waals surface area contributed by atoms with Crippen molar-refractivity contribution < 1.29 is 14.3 Å². The molecule has 3 amide bonds. The third-order valence-electron chi connectivity index (χ3n) is 6.80. The topological polar surface area (TPSA) is 113 Å². The van der Waals surface area contributed by atoms with E-state index in [2.05, 4.69) is 15.3 Å². The monoisotopic (exact) mass is 506 g/mol. The average molecular weight is 507 g/mol. The van der Waals surface area contributed by atoms with Crippen LogP contribution in [0.4, 0.5) is 4.79 Å². The number of H-pyrrole nitrogens is 1. The molecule has 1 atom stereocenters. The number of imidazole rings is 1. The minimum atomic E-state index is -0.327. The summed E-state index contributed by atoms with van der Waals surface area (Å²) in [6, 6.07) is 13.1. The maximum Gasteiger partial charge on any atom is 0.327 e. The first-order chi connectivity index (χ1) is 17.9. The van der Waals surface area contributed by atoms with Crippen LogP contribution in [0, 0.1) is 0 Å². The molecule has 3 aromatic rings. The third-order valence-corrected chi connectivity index (χ3v) is 6.80. The van der Waals surface area contributed by atoms with Gasteiger partial charge in [0, 0.05) is 51.9 Å². The Morgan fingerprint density at radius 3 is 2.65 bits per heavy atom. The summed E-state index contributed by atoms with van der Waals surface area (Å²) in [4.78, 5) is 49.3. The van der Waals surface area contributed by atoms with Crippen LogP contribution in [0.5, 0.6) is 0 Å². The zero-order valence-corrected chi connectivity index (χ0v) is 21.5. The van der Waals surface area contributed by atoms with Crippen LogP contribution in [0.3, 0.4) is 0 Å². The van der Waals surface area contributed by atoms with Crippen LogP contribution < -0.4 is 11.0 Å². The number of ether oxygens (including phenoxy) is 1. The SMILES string of the molecule is COCCN(C)C(=O)/C(=C\C(C)c1ccccc1)NC(=O)N1CCC(n2c(=O)[nH]c3ncccc32)CC1. The Labute approximate surface area is 215 Å². The number of carbonyl (C=O) groups is 2. The number of pyridine rings is 1. The largest absolute Gasteiger partial charge is 0.383 e. The van der Waals surface area contributed by atoms with Crippen molar-refractivity contribution in [1.29, 1.82) is 0 Å². The van der Waals surface area contributed by atoms with Gasteiger partial charge in [-0.2, -0.15) is 0 Å². The van der Waals surface area contributed by atoms with Crippen molar-refractivity contribution in [3.05, 3.63) is 76.5 Å². The molecule has 1 saturated heterocycles. The highest BCUT2D eigenvalue weighted by molar-refractivity contribution is 5.97. The Bertz CT molecular complexity index is 1310. The van der Waals surface area contributed by atoms with Crippen molar-refractivity contribution in [2.45, 2.75) is 31.7 Å². The van der Waals surface area contributed by atoms with E-state index in [-0.39, 0.29) is 35.3 Å². The Balaban J connectivity index is 1.46. The number of likely N-dealkylation sites (N-methyl/N-ethyl adjacent to an activating group) is 1. The molecule has 1 aliphatic rings. The second-order valence-corrected chi connectivity index (χ2v) is 9.32. The molecular formula is C27H34N6O4. The van der Waals surface area contributed by atoms with E-state index in [1.165, 1.54) is 4.90 Å². The van der Waals surface area contributed by atoms with Crippen LogP contribution in [-0.4, -0.2) is 76.7 Å². The molecule has 0 aliphatic carbocycles. The summed E-state index contributed by atoms with van der Waals surface area (Å²) in [5.41, 5.74) is 2.41. The number of piperidine rings is 1. The van der Waals surface area contributed by atoms with Gasteiger partial charge < -0.3 is 19.9 Å². The summed E-state index contributed by atoms with van der Waals surface area (Å²) >= 11 is 0. The number of hydrogen-bond acceptors (Lipinski definition) is 5. The molecule has 10 nitrogen and oxygen atoms in total. The predicted molar refractivity (Wildman–Crippen MR) is 141 cm³/mol. The molecule has 1 fully saturated rings. The molecule has 0 bridgehead atoms. The van der Waals surface area contributed by atoms with Crippen LogP contribution in [0.2, 0.25) is 0 Å². The highest BCUT2D eigenvalue weighted by Crippen LogP contribution is 2.25. The summed E-state index contributed by atoms with van der Waals surface area (Å²) < 4.78 is 6.84. The molecule has 0 spiro atoms. The number of aromatic nitrogens is 3. The molecule has 10 heteroatoms. The van der Waals surface area contributed by atoms with E-state index in [0.29, 0.717) is 44.7 Å². The number of methoxy groups -OCH3 is 1. The molecule has 3 heterocycles. The molecule has 4 rings (SSSR count). The number of aromatic amines is 1. The first-order valence-electron chi connectivity index (χ1n) is 12.5. The lowest BCUT2D eigenvalue weighted by Gasteiger charge is -2.33. The fourth-order valence-electron chi connectivity index (χ4n) is 4.65. The van der Waals surface area contributed by atoms with Gasteiger partial charge in [-0.25, -0.2) is 14.6 Å². The zero-order chi connectivity index (χ0) is 26.4. The van der Waals surface area contributed by atoms with Gasteiger partial charge in [0.15, 0.2) is 5.65 Å². The number of rotatable bonds is 8. The molecule has 0 radical (unpaired) electrons. The summed E-state index contributed by atoms with van der Waals surface area (Å²) in [6.45, 7) is 3.72. The van der Waals surface area contributed by atoms with Crippen LogP contribution >= 0.6 is 0 Å². The molecule has 1 aliphatic heterocycles. The van der Waals surface area contributed by atoms with Crippen molar-refractivity contribution in [2.24, 2.45) is 0 Å². The van der Waals surface area contributed by atoms with E-state index in [1.54, 1.807) is 42.0 Å². The second kappa shape index (κ2) is 11.9. The summed E-state index contributed by atoms with van der Waals surface area (Å²) in [7, 11) is 3.27. The number of hydrogen-bond donors (Lipinski definition) is 2. The molecule has 1 aromatic carbocycles. The van der Waals surface area contributed by atoms with Crippen LogP contribution in [-0.2, 0) is 9.53 Å². The van der Waals surface area contributed by atoms with Gasteiger partial charge in [-0.1, -0.05) is 37.3 Å². The number of likely N-dealkylation sites (tertiary alicyclic amines) is 1. The molecule has 2 aromatic heterocycles. The van der Waals surface area contributed by atoms with Crippen molar-refractivity contribution in [3.63, 3.8) is 0 Å². The molecule has 0 saturated carbocycles. The molecule has 2 N–H and O–H groups in total. The second-order valence-electron chi connectivity index (χ2n) is 9.32. The van der Waals surface area contributed by atoms with Gasteiger partial charge in [0.25, 0.3) is 5.91 Å². The van der Waals surface area contributed by atoms with Crippen LogP contribution in [0.15, 0.2) is 65.2 Å². The Morgan fingerprint density at radius 1 is 1.22 bits per heavy atom. The van der Waals surface area contributed by atoms with E-state index in [1.807, 2.05) is 43.3 Å². The highest BCUT2D eigenvalue weighted by Gasteiger charge is 2.28. The quantitative estimate of drug-likeness (QED) is 0.456. The lowest BCUT2D eigenvalue weighted by atomic mass is 10.00. The minimum absolute atomic E-state index is 0.0376. The smallest absolute Gasteiger partial charge is 0.327 e. The number of urea groups is 1. The fraction of sp³-hybridized carbons (Fsp3) is 0.407. The van der Waals surface area contributed by atoms with Crippen molar-refractivity contribution in [1.82, 2.24) is 29.7 Å². The fourth-order valence-corrected chi connectivity index (χ4v) is 4.65. The number of nitrogens with zero attached hydrogens (tertiary/aromatic N) is 4. The normalized spacial score (nSPS) is 15.5. The standard InChI is InChI=1S/C27H34N6O4/c1-19(20-8-5-4-6-9-20)18-22(25(34)31(2)16-17-37-3)29-26(35)32-14-11-21(12-15-32)33-23-10-7-13-28-24(23)30-27(33)36/h4-10,13,18-19,21H,11-12,14-17H2,1-3H3,(H,29,35)(H,28,30,36)/b22-18+. The van der Waals surface area contributed by atoms with Crippen LogP contribution in [0.1, 0.15) is 37.3 Å². The lowest BCUT2D eigenvalue weighted by Crippen LogP contribution is -2.47. The Kier molecular flexibility index (Phi) is 8.39. The molecule has 1 unspecified atom stereocenters. The van der Waals surface area contributed by atoms with Crippen molar-refractivity contribution >= 4 is 23.1 Å². The van der Waals surface area contributed by atoms with E-state index in [9.17, 15) is 14.4 Å². The first kappa shape index (κ1) is 26.2. The van der Waals surface area contributed by atoms with E-state index < -0.39 is 0 Å². The number of allylic oxidation sites excluding steroid dienone is 1. The predicted octanol–water partition coefficient (Wildman–Crippen LogP) is 2.86. The van der Waals surface area contributed by atoms with Crippen LogP contribution in [0.25, 0.3) is 11.2 Å². The van der Waals surface area contributed by atoms with Crippen molar-refractivity contribution in [2.75, 3.05) is 40.4 Å². The van der Waals surface area contributed by atoms with E-state index >= 15 is 0 Å². The maximum absolute atomic E-state index is 13.2. The average Bonchev–Trinajstić information content (AvgIpc) is 3.26. The highest BCUT2D eigenvalue weighted by atomic mass is 16.5.